The van der Waals surface area contributed by atoms with Gasteiger partial charge < -0.3 is 25.3 Å². The molecule has 0 unspecified atom stereocenters. The SMILES string of the molecule is CC(C)(C)OC(=O)NC(C)(C)C(=O)Nc1ccc2[nH]c(=O)[nH]c2c1. The number of H-pyrrole nitrogens is 2. The lowest BCUT2D eigenvalue weighted by Gasteiger charge is -2.27. The lowest BCUT2D eigenvalue weighted by molar-refractivity contribution is -0.121. The fraction of sp³-hybridized carbons (Fsp3) is 0.438. The number of aromatic nitrogens is 2. The van der Waals surface area contributed by atoms with E-state index in [-0.39, 0.29) is 5.69 Å². The Kier molecular flexibility index (Phi) is 4.42. The Morgan fingerprint density at radius 3 is 2.29 bits per heavy atom. The fourth-order valence-corrected chi connectivity index (χ4v) is 2.01. The number of carbonyl (C=O) groups is 2. The third kappa shape index (κ3) is 4.37. The van der Waals surface area contributed by atoms with E-state index in [0.29, 0.717) is 16.7 Å². The first-order valence-corrected chi connectivity index (χ1v) is 7.51. The average molecular weight is 334 g/mol. The van der Waals surface area contributed by atoms with Crippen LogP contribution in [0.4, 0.5) is 10.5 Å². The van der Waals surface area contributed by atoms with E-state index in [2.05, 4.69) is 20.6 Å². The van der Waals surface area contributed by atoms with Crippen molar-refractivity contribution in [1.29, 1.82) is 0 Å². The minimum absolute atomic E-state index is 0.319. The molecule has 0 aliphatic rings. The van der Waals surface area contributed by atoms with E-state index in [1.165, 1.54) is 0 Å². The van der Waals surface area contributed by atoms with E-state index < -0.39 is 23.1 Å². The highest BCUT2D eigenvalue weighted by molar-refractivity contribution is 6.00. The molecule has 0 spiro atoms. The monoisotopic (exact) mass is 334 g/mol. The molecule has 0 atom stereocenters. The van der Waals surface area contributed by atoms with Gasteiger partial charge in [0.05, 0.1) is 11.0 Å². The molecular formula is C16H22N4O4. The van der Waals surface area contributed by atoms with Crippen LogP contribution in [0.5, 0.6) is 0 Å². The van der Waals surface area contributed by atoms with Crippen LogP contribution in [-0.4, -0.2) is 33.1 Å². The van der Waals surface area contributed by atoms with Crippen molar-refractivity contribution in [3.63, 3.8) is 0 Å². The molecule has 0 aliphatic heterocycles. The molecule has 4 N–H and O–H groups in total. The summed E-state index contributed by atoms with van der Waals surface area (Å²) in [5.41, 5.74) is -0.424. The Hall–Kier alpha value is -2.77. The highest BCUT2D eigenvalue weighted by atomic mass is 16.6. The van der Waals surface area contributed by atoms with E-state index in [1.807, 2.05) is 0 Å². The lowest BCUT2D eigenvalue weighted by atomic mass is 10.0. The van der Waals surface area contributed by atoms with Crippen LogP contribution < -0.4 is 16.3 Å². The molecule has 1 heterocycles. The van der Waals surface area contributed by atoms with Crippen LogP contribution in [0, 0.1) is 0 Å². The Morgan fingerprint density at radius 2 is 1.67 bits per heavy atom. The second-order valence-electron chi connectivity index (χ2n) is 7.05. The predicted octanol–water partition coefficient (Wildman–Crippen LogP) is 2.10. The molecule has 8 heteroatoms. The molecule has 0 aliphatic carbocycles. The fourth-order valence-electron chi connectivity index (χ4n) is 2.01. The number of aromatic amines is 2. The van der Waals surface area contributed by atoms with Gasteiger partial charge in [-0.25, -0.2) is 9.59 Å². The first-order chi connectivity index (χ1) is 11.0. The van der Waals surface area contributed by atoms with Gasteiger partial charge in [0.25, 0.3) is 0 Å². The smallest absolute Gasteiger partial charge is 0.408 e. The third-order valence-electron chi connectivity index (χ3n) is 3.15. The molecule has 0 saturated heterocycles. The van der Waals surface area contributed by atoms with E-state index in [9.17, 15) is 14.4 Å². The Morgan fingerprint density at radius 1 is 1.04 bits per heavy atom. The molecule has 0 bridgehead atoms. The molecule has 24 heavy (non-hydrogen) atoms. The maximum absolute atomic E-state index is 12.4. The molecule has 1 aromatic carbocycles. The number of anilines is 1. The topological polar surface area (TPSA) is 116 Å². The van der Waals surface area contributed by atoms with Crippen LogP contribution in [0.2, 0.25) is 0 Å². The second-order valence-corrected chi connectivity index (χ2v) is 7.05. The predicted molar refractivity (Wildman–Crippen MR) is 91.0 cm³/mol. The van der Waals surface area contributed by atoms with Gasteiger partial charge in [0, 0.05) is 5.69 Å². The normalized spacial score (nSPS) is 12.0. The first-order valence-electron chi connectivity index (χ1n) is 7.51. The van der Waals surface area contributed by atoms with Crippen LogP contribution in [0.25, 0.3) is 11.0 Å². The zero-order valence-corrected chi connectivity index (χ0v) is 14.4. The molecule has 1 aromatic heterocycles. The zero-order chi connectivity index (χ0) is 18.1. The van der Waals surface area contributed by atoms with Gasteiger partial charge in [-0.1, -0.05) is 0 Å². The maximum Gasteiger partial charge on any atom is 0.408 e. The number of nitrogens with one attached hydrogen (secondary N) is 4. The van der Waals surface area contributed by atoms with Crippen molar-refractivity contribution in [2.45, 2.75) is 45.8 Å². The van der Waals surface area contributed by atoms with Crippen molar-refractivity contribution in [3.05, 3.63) is 28.7 Å². The van der Waals surface area contributed by atoms with Gasteiger partial charge in [0.15, 0.2) is 0 Å². The highest BCUT2D eigenvalue weighted by Gasteiger charge is 2.31. The van der Waals surface area contributed by atoms with Crippen molar-refractivity contribution in [1.82, 2.24) is 15.3 Å². The van der Waals surface area contributed by atoms with Gasteiger partial charge in [0.1, 0.15) is 11.1 Å². The van der Waals surface area contributed by atoms with E-state index in [1.54, 1.807) is 52.8 Å². The maximum atomic E-state index is 12.4. The summed E-state index contributed by atoms with van der Waals surface area (Å²) < 4.78 is 5.16. The van der Waals surface area contributed by atoms with Gasteiger partial charge >= 0.3 is 11.8 Å². The number of hydrogen-bond donors (Lipinski definition) is 4. The van der Waals surface area contributed by atoms with E-state index in [4.69, 9.17) is 4.74 Å². The highest BCUT2D eigenvalue weighted by Crippen LogP contribution is 2.17. The molecule has 2 aromatic rings. The van der Waals surface area contributed by atoms with Crippen molar-refractivity contribution in [3.8, 4) is 0 Å². The number of amides is 2. The molecular weight excluding hydrogens is 312 g/mol. The number of alkyl carbamates (subject to hydrolysis) is 1. The number of imidazole rings is 1. The Balaban J connectivity index is 2.08. The van der Waals surface area contributed by atoms with Gasteiger partial charge in [0.2, 0.25) is 5.91 Å². The summed E-state index contributed by atoms with van der Waals surface area (Å²) in [5.74, 6) is -0.411. The van der Waals surface area contributed by atoms with Gasteiger partial charge in [-0.05, 0) is 52.8 Å². The number of carbonyl (C=O) groups excluding carboxylic acids is 2. The van der Waals surface area contributed by atoms with Crippen LogP contribution in [0.1, 0.15) is 34.6 Å². The number of rotatable bonds is 3. The Labute approximate surface area is 139 Å². The third-order valence-corrected chi connectivity index (χ3v) is 3.15. The summed E-state index contributed by atoms with van der Waals surface area (Å²) in [6, 6.07) is 4.97. The molecule has 0 saturated carbocycles. The van der Waals surface area contributed by atoms with Crippen molar-refractivity contribution >= 4 is 28.7 Å². The lowest BCUT2D eigenvalue weighted by Crippen LogP contribution is -2.53. The molecule has 2 rings (SSSR count). The van der Waals surface area contributed by atoms with Crippen LogP contribution >= 0.6 is 0 Å². The Bertz CT molecular complexity index is 826. The summed E-state index contributed by atoms with van der Waals surface area (Å²) in [6.07, 6.45) is -0.673. The molecule has 0 radical (unpaired) electrons. The van der Waals surface area contributed by atoms with Gasteiger partial charge in [-0.15, -0.1) is 0 Å². The molecule has 2 amide bonds. The second kappa shape index (κ2) is 6.03. The summed E-state index contributed by atoms with van der Waals surface area (Å²) in [6.45, 7) is 8.37. The largest absolute Gasteiger partial charge is 0.444 e. The summed E-state index contributed by atoms with van der Waals surface area (Å²) in [7, 11) is 0. The standard InChI is InChI=1S/C16H22N4O4/c1-15(2,3)24-14(23)20-16(4,5)12(21)17-9-6-7-10-11(8-9)19-13(22)18-10/h6-8H,1-5H3,(H,17,21)(H,20,23)(H2,18,19,22). The minimum atomic E-state index is -1.18. The van der Waals surface area contributed by atoms with E-state index in [0.717, 1.165) is 0 Å². The van der Waals surface area contributed by atoms with Crippen molar-refractivity contribution < 1.29 is 14.3 Å². The van der Waals surface area contributed by atoms with Crippen molar-refractivity contribution in [2.75, 3.05) is 5.32 Å². The summed E-state index contributed by atoms with van der Waals surface area (Å²) >= 11 is 0. The van der Waals surface area contributed by atoms with Crippen LogP contribution in [0.15, 0.2) is 23.0 Å². The van der Waals surface area contributed by atoms with Crippen LogP contribution in [-0.2, 0) is 9.53 Å². The number of fused-ring (bicyclic) bond motifs is 1. The summed E-state index contributed by atoms with van der Waals surface area (Å²) in [4.78, 5) is 40.8. The quantitative estimate of drug-likeness (QED) is 0.688. The van der Waals surface area contributed by atoms with Gasteiger partial charge in [-0.2, -0.15) is 0 Å². The minimum Gasteiger partial charge on any atom is -0.444 e. The number of hydrogen-bond acceptors (Lipinski definition) is 4. The van der Waals surface area contributed by atoms with E-state index >= 15 is 0 Å². The molecule has 0 fully saturated rings. The molecule has 8 nitrogen and oxygen atoms in total. The summed E-state index contributed by atoms with van der Waals surface area (Å²) in [5, 5.41) is 5.24. The average Bonchev–Trinajstić information content (AvgIpc) is 2.74. The van der Waals surface area contributed by atoms with Crippen LogP contribution in [0.3, 0.4) is 0 Å². The molecule has 130 valence electrons. The zero-order valence-electron chi connectivity index (χ0n) is 14.4. The van der Waals surface area contributed by atoms with Crippen molar-refractivity contribution in [2.24, 2.45) is 0 Å². The first kappa shape index (κ1) is 17.6. The number of ether oxygens (including phenoxy) is 1. The number of benzene rings is 1. The van der Waals surface area contributed by atoms with Gasteiger partial charge in [-0.3, -0.25) is 4.79 Å².